The minimum atomic E-state index is 0.0243. The van der Waals surface area contributed by atoms with Gasteiger partial charge in [0.15, 0.2) is 5.82 Å². The Hall–Kier alpha value is -2.50. The zero-order chi connectivity index (χ0) is 22.6. The van der Waals surface area contributed by atoms with E-state index in [1.54, 1.807) is 0 Å². The van der Waals surface area contributed by atoms with Crippen LogP contribution in [0.15, 0.2) is 24.4 Å². The van der Waals surface area contributed by atoms with Gasteiger partial charge in [-0.05, 0) is 69.9 Å². The zero-order valence-electron chi connectivity index (χ0n) is 20.0. The lowest BCUT2D eigenvalue weighted by molar-refractivity contribution is -0.136. The summed E-state index contributed by atoms with van der Waals surface area (Å²) in [4.78, 5) is 32.5. The van der Waals surface area contributed by atoms with Crippen LogP contribution >= 0.6 is 0 Å². The first-order valence-corrected chi connectivity index (χ1v) is 13.0. The molecule has 2 fully saturated rings. The van der Waals surface area contributed by atoms with Crippen LogP contribution in [0.4, 0.5) is 5.82 Å². The van der Waals surface area contributed by atoms with Gasteiger partial charge in [-0.2, -0.15) is 0 Å². The molecule has 0 bridgehead atoms. The predicted octanol–water partition coefficient (Wildman–Crippen LogP) is 4.81. The number of piperidine rings is 1. The minimum absolute atomic E-state index is 0.0243. The molecule has 1 atom stereocenters. The average molecular weight is 448 g/mol. The van der Waals surface area contributed by atoms with Crippen LogP contribution in [0.3, 0.4) is 0 Å². The Bertz CT molecular complexity index is 956. The molecule has 6 heteroatoms. The Morgan fingerprint density at radius 2 is 1.88 bits per heavy atom. The third-order valence-electron chi connectivity index (χ3n) is 7.79. The number of nitrogens with zero attached hydrogens (tertiary/aromatic N) is 5. The number of carbonyl (C=O) groups is 1. The lowest BCUT2D eigenvalue weighted by Crippen LogP contribution is -2.40. The zero-order valence-corrected chi connectivity index (χ0v) is 20.0. The average Bonchev–Trinajstić information content (AvgIpc) is 3.36. The molecule has 6 nitrogen and oxygen atoms in total. The van der Waals surface area contributed by atoms with Crippen LogP contribution in [0.1, 0.15) is 86.6 Å². The summed E-state index contributed by atoms with van der Waals surface area (Å²) in [5.41, 5.74) is 3.49. The van der Waals surface area contributed by atoms with Crippen molar-refractivity contribution in [2.45, 2.75) is 83.6 Å². The van der Waals surface area contributed by atoms with Gasteiger partial charge in [0.1, 0.15) is 5.82 Å². The van der Waals surface area contributed by atoms with Crippen LogP contribution < -0.4 is 4.90 Å². The molecule has 3 aliphatic rings. The molecule has 33 heavy (non-hydrogen) atoms. The van der Waals surface area contributed by atoms with E-state index in [0.717, 1.165) is 81.2 Å². The second kappa shape index (κ2) is 10.2. The summed E-state index contributed by atoms with van der Waals surface area (Å²) in [6, 6.07) is 6.14. The third-order valence-corrected chi connectivity index (χ3v) is 7.79. The molecule has 0 N–H and O–H groups in total. The van der Waals surface area contributed by atoms with Crippen LogP contribution in [0.2, 0.25) is 0 Å². The van der Waals surface area contributed by atoms with E-state index in [2.05, 4.69) is 33.8 Å². The van der Waals surface area contributed by atoms with Gasteiger partial charge in [0.05, 0.1) is 6.04 Å². The van der Waals surface area contributed by atoms with Crippen molar-refractivity contribution < 1.29 is 4.79 Å². The molecule has 1 amide bonds. The Morgan fingerprint density at radius 3 is 2.70 bits per heavy atom. The molecule has 2 aromatic rings. The van der Waals surface area contributed by atoms with Crippen molar-refractivity contribution in [3.63, 3.8) is 0 Å². The molecule has 5 rings (SSSR count). The van der Waals surface area contributed by atoms with E-state index in [4.69, 9.17) is 9.97 Å². The maximum absolute atomic E-state index is 13.3. The number of amides is 1. The van der Waals surface area contributed by atoms with E-state index >= 15 is 0 Å². The number of aromatic nitrogens is 3. The van der Waals surface area contributed by atoms with Gasteiger partial charge < -0.3 is 9.80 Å². The number of rotatable bonds is 6. The van der Waals surface area contributed by atoms with E-state index in [9.17, 15) is 4.79 Å². The summed E-state index contributed by atoms with van der Waals surface area (Å²) in [6.45, 7) is 4.90. The molecule has 4 heterocycles. The number of fused-ring (bicyclic) bond motifs is 1. The van der Waals surface area contributed by atoms with Crippen LogP contribution in [0.25, 0.3) is 0 Å². The number of hydrogen-bond acceptors (Lipinski definition) is 5. The van der Waals surface area contributed by atoms with Gasteiger partial charge in [-0.15, -0.1) is 0 Å². The van der Waals surface area contributed by atoms with E-state index in [1.165, 1.54) is 31.2 Å². The number of likely N-dealkylation sites (tertiary alicyclic amines) is 1. The number of pyridine rings is 1. The lowest BCUT2D eigenvalue weighted by Gasteiger charge is -2.37. The van der Waals surface area contributed by atoms with Gasteiger partial charge in [0.25, 0.3) is 0 Å². The fourth-order valence-corrected chi connectivity index (χ4v) is 5.95. The summed E-state index contributed by atoms with van der Waals surface area (Å²) in [6.07, 6.45) is 13.8. The monoisotopic (exact) mass is 447 g/mol. The highest BCUT2D eigenvalue weighted by Gasteiger charge is 2.33. The van der Waals surface area contributed by atoms with Crippen molar-refractivity contribution in [3.8, 4) is 0 Å². The second-order valence-electron chi connectivity index (χ2n) is 10.1. The molecule has 176 valence electrons. The minimum Gasteiger partial charge on any atom is -0.356 e. The summed E-state index contributed by atoms with van der Waals surface area (Å²) in [7, 11) is 0. The first kappa shape index (κ1) is 22.3. The van der Waals surface area contributed by atoms with E-state index in [-0.39, 0.29) is 6.04 Å². The predicted molar refractivity (Wildman–Crippen MR) is 130 cm³/mol. The van der Waals surface area contributed by atoms with Gasteiger partial charge in [0.2, 0.25) is 5.91 Å². The Morgan fingerprint density at radius 1 is 1.03 bits per heavy atom. The molecule has 2 aromatic heterocycles. The molecule has 0 aromatic carbocycles. The Labute approximate surface area is 197 Å². The first-order chi connectivity index (χ1) is 16.2. The van der Waals surface area contributed by atoms with Crippen molar-refractivity contribution in [2.75, 3.05) is 24.5 Å². The Balaban J connectivity index is 1.37. The van der Waals surface area contributed by atoms with Gasteiger partial charge in [0, 0.05) is 55.6 Å². The van der Waals surface area contributed by atoms with Crippen LogP contribution in [-0.4, -0.2) is 45.4 Å². The molecule has 0 radical (unpaired) electrons. The highest BCUT2D eigenvalue weighted by molar-refractivity contribution is 5.77. The van der Waals surface area contributed by atoms with Crippen LogP contribution in [0.5, 0.6) is 0 Å². The number of anilines is 1. The van der Waals surface area contributed by atoms with Crippen molar-refractivity contribution in [1.29, 1.82) is 0 Å². The Kier molecular flexibility index (Phi) is 6.88. The van der Waals surface area contributed by atoms with Crippen molar-refractivity contribution in [1.82, 2.24) is 19.9 Å². The maximum Gasteiger partial charge on any atom is 0.223 e. The molecular formula is C27H37N5O. The molecule has 0 spiro atoms. The van der Waals surface area contributed by atoms with Crippen molar-refractivity contribution >= 4 is 11.7 Å². The summed E-state index contributed by atoms with van der Waals surface area (Å²) < 4.78 is 0. The van der Waals surface area contributed by atoms with Crippen molar-refractivity contribution in [2.24, 2.45) is 5.92 Å². The van der Waals surface area contributed by atoms with Gasteiger partial charge in [-0.3, -0.25) is 9.78 Å². The topological polar surface area (TPSA) is 62.2 Å². The van der Waals surface area contributed by atoms with E-state index < -0.39 is 0 Å². The second-order valence-corrected chi connectivity index (χ2v) is 10.1. The molecule has 1 saturated heterocycles. The summed E-state index contributed by atoms with van der Waals surface area (Å²) in [5, 5.41) is 0. The summed E-state index contributed by atoms with van der Waals surface area (Å²) >= 11 is 0. The highest BCUT2D eigenvalue weighted by atomic mass is 16.2. The van der Waals surface area contributed by atoms with E-state index in [1.807, 2.05) is 12.3 Å². The molecular weight excluding hydrogens is 410 g/mol. The normalized spacial score (nSPS) is 21.3. The highest BCUT2D eigenvalue weighted by Crippen LogP contribution is 2.35. The standard InChI is InChI=1S/C27H37N5O/c1-20-23-12-8-16-31(18-14-22-11-4-6-15-28-22)27(23)30-26(29-20)24-13-5-7-17-32(24)25(33)19-21-9-2-3-10-21/h4,6,11,15,21,24H,2-3,5,7-10,12-14,16-19H2,1H3/t24-/m1/s1. The van der Waals surface area contributed by atoms with Gasteiger partial charge in [-0.25, -0.2) is 9.97 Å². The van der Waals surface area contributed by atoms with Crippen molar-refractivity contribution in [3.05, 3.63) is 47.2 Å². The van der Waals surface area contributed by atoms with Gasteiger partial charge in [-0.1, -0.05) is 18.9 Å². The summed E-state index contributed by atoms with van der Waals surface area (Å²) in [5.74, 6) is 2.84. The van der Waals surface area contributed by atoms with Crippen LogP contribution in [0, 0.1) is 12.8 Å². The maximum atomic E-state index is 13.3. The van der Waals surface area contributed by atoms with Gasteiger partial charge >= 0.3 is 0 Å². The lowest BCUT2D eigenvalue weighted by atomic mass is 9.97. The SMILES string of the molecule is Cc1nc([C@H]2CCCCN2C(=O)CC2CCCC2)nc2c1CCCN2CCc1ccccn1. The van der Waals surface area contributed by atoms with Crippen LogP contribution in [-0.2, 0) is 17.6 Å². The third kappa shape index (κ3) is 5.04. The molecule has 1 saturated carbocycles. The first-order valence-electron chi connectivity index (χ1n) is 13.0. The number of carbonyl (C=O) groups excluding carboxylic acids is 1. The smallest absolute Gasteiger partial charge is 0.223 e. The van der Waals surface area contributed by atoms with E-state index in [0.29, 0.717) is 18.2 Å². The number of aryl methyl sites for hydroxylation is 1. The molecule has 1 aliphatic carbocycles. The fraction of sp³-hybridized carbons (Fsp3) is 0.630. The molecule has 2 aliphatic heterocycles. The largest absolute Gasteiger partial charge is 0.356 e. The quantitative estimate of drug-likeness (QED) is 0.636. The fourth-order valence-electron chi connectivity index (χ4n) is 5.95. The molecule has 0 unspecified atom stereocenters. The number of hydrogen-bond donors (Lipinski definition) is 0.